The minimum atomic E-state index is -0.677. The lowest BCUT2D eigenvalue weighted by atomic mass is 10.1. The first-order valence-electron chi connectivity index (χ1n) is 7.24. The lowest BCUT2D eigenvalue weighted by Crippen LogP contribution is -2.29. The fourth-order valence-corrected chi connectivity index (χ4v) is 3.18. The van der Waals surface area contributed by atoms with Crippen LogP contribution in [0.5, 0.6) is 11.5 Å². The third-order valence-electron chi connectivity index (χ3n) is 3.51. The van der Waals surface area contributed by atoms with E-state index in [1.54, 1.807) is 26.4 Å². The van der Waals surface area contributed by atoms with Crippen LogP contribution < -0.4 is 14.8 Å². The number of amides is 1. The number of carbonyl (C=O) groups excluding carboxylic acids is 1. The number of ether oxygens (including phenoxy) is 2. The molecule has 0 aliphatic rings. The Morgan fingerprint density at radius 3 is 2.61 bits per heavy atom. The molecule has 0 radical (unpaired) electrons. The summed E-state index contributed by atoms with van der Waals surface area (Å²) in [4.78, 5) is 12.9. The number of carbonyl (C=O) groups is 1. The van der Waals surface area contributed by atoms with Crippen LogP contribution >= 0.6 is 11.3 Å². The number of aliphatic hydroxyl groups excluding tert-OH is 1. The first-order chi connectivity index (χ1) is 11.0. The Bertz CT molecular complexity index is 668. The van der Waals surface area contributed by atoms with Gasteiger partial charge in [0.25, 0.3) is 0 Å². The van der Waals surface area contributed by atoms with Gasteiger partial charge in [0.1, 0.15) is 6.10 Å². The monoisotopic (exact) mass is 335 g/mol. The normalized spacial score (nSPS) is 11.8. The molecule has 2 rings (SSSR count). The summed E-state index contributed by atoms with van der Waals surface area (Å²) in [7, 11) is 3.12. The highest BCUT2D eigenvalue weighted by molar-refractivity contribution is 7.10. The molecule has 0 saturated carbocycles. The minimum Gasteiger partial charge on any atom is -0.493 e. The summed E-state index contributed by atoms with van der Waals surface area (Å²) in [6.07, 6.45) is -0.458. The van der Waals surface area contributed by atoms with Gasteiger partial charge < -0.3 is 19.9 Å². The summed E-state index contributed by atoms with van der Waals surface area (Å²) < 4.78 is 10.4. The van der Waals surface area contributed by atoms with Gasteiger partial charge in [0, 0.05) is 11.4 Å². The van der Waals surface area contributed by atoms with E-state index in [1.165, 1.54) is 11.3 Å². The van der Waals surface area contributed by atoms with Gasteiger partial charge in [-0.3, -0.25) is 4.79 Å². The van der Waals surface area contributed by atoms with Crippen molar-refractivity contribution in [2.75, 3.05) is 20.8 Å². The second kappa shape index (κ2) is 7.99. The molecule has 0 bridgehead atoms. The summed E-state index contributed by atoms with van der Waals surface area (Å²) in [6.45, 7) is 2.15. The van der Waals surface area contributed by atoms with Crippen molar-refractivity contribution < 1.29 is 19.4 Å². The van der Waals surface area contributed by atoms with E-state index >= 15 is 0 Å². The third kappa shape index (κ3) is 4.46. The van der Waals surface area contributed by atoms with Gasteiger partial charge in [0.05, 0.1) is 20.6 Å². The summed E-state index contributed by atoms with van der Waals surface area (Å²) in [5.74, 6) is 1.07. The van der Waals surface area contributed by atoms with Crippen molar-refractivity contribution in [1.29, 1.82) is 0 Å². The third-order valence-corrected chi connectivity index (χ3v) is 4.63. The average molecular weight is 335 g/mol. The molecule has 0 fully saturated rings. The molecule has 0 aliphatic heterocycles. The highest BCUT2D eigenvalue weighted by Gasteiger charge is 2.14. The lowest BCUT2D eigenvalue weighted by Gasteiger charge is -2.12. The number of rotatable bonds is 7. The zero-order valence-corrected chi connectivity index (χ0v) is 14.3. The predicted molar refractivity (Wildman–Crippen MR) is 90.3 cm³/mol. The van der Waals surface area contributed by atoms with E-state index in [0.717, 1.165) is 16.0 Å². The number of hydrogen-bond acceptors (Lipinski definition) is 5. The van der Waals surface area contributed by atoms with Gasteiger partial charge in [-0.05, 0) is 41.6 Å². The standard InChI is InChI=1S/C17H21NO4S/c1-11-6-7-23-17(11)13(19)10-18-16(20)9-12-4-5-14(21-2)15(8-12)22-3/h4-8,13,19H,9-10H2,1-3H3,(H,18,20)/t13-/m0/s1. The number of hydrogen-bond donors (Lipinski definition) is 2. The van der Waals surface area contributed by atoms with E-state index in [2.05, 4.69) is 5.32 Å². The van der Waals surface area contributed by atoms with E-state index in [9.17, 15) is 9.90 Å². The van der Waals surface area contributed by atoms with E-state index in [1.807, 2.05) is 24.4 Å². The zero-order chi connectivity index (χ0) is 16.8. The van der Waals surface area contributed by atoms with E-state index in [0.29, 0.717) is 11.5 Å². The number of nitrogens with one attached hydrogen (secondary N) is 1. The number of thiophene rings is 1. The smallest absolute Gasteiger partial charge is 0.224 e. The molecule has 1 heterocycles. The maximum atomic E-state index is 12.0. The van der Waals surface area contributed by atoms with Gasteiger partial charge in [0.15, 0.2) is 11.5 Å². The number of benzene rings is 1. The Morgan fingerprint density at radius 2 is 2.00 bits per heavy atom. The molecule has 0 spiro atoms. The van der Waals surface area contributed by atoms with Crippen LogP contribution in [-0.2, 0) is 11.2 Å². The molecule has 0 unspecified atom stereocenters. The van der Waals surface area contributed by atoms with Crippen molar-refractivity contribution in [3.8, 4) is 11.5 Å². The van der Waals surface area contributed by atoms with E-state index in [-0.39, 0.29) is 18.9 Å². The molecule has 5 nitrogen and oxygen atoms in total. The van der Waals surface area contributed by atoms with Crippen LogP contribution in [0.25, 0.3) is 0 Å². The Balaban J connectivity index is 1.91. The van der Waals surface area contributed by atoms with Crippen molar-refractivity contribution in [2.45, 2.75) is 19.4 Å². The maximum Gasteiger partial charge on any atom is 0.224 e. The summed E-state index contributed by atoms with van der Waals surface area (Å²) in [5.41, 5.74) is 1.86. The van der Waals surface area contributed by atoms with Crippen LogP contribution in [0.3, 0.4) is 0 Å². The second-order valence-electron chi connectivity index (χ2n) is 5.15. The molecular formula is C17H21NO4S. The Kier molecular flexibility index (Phi) is 6.01. The SMILES string of the molecule is COc1ccc(CC(=O)NC[C@H](O)c2sccc2C)cc1OC. The molecule has 1 aromatic carbocycles. The average Bonchev–Trinajstić information content (AvgIpc) is 2.98. The number of aryl methyl sites for hydroxylation is 1. The van der Waals surface area contributed by atoms with Crippen LogP contribution in [0.2, 0.25) is 0 Å². The quantitative estimate of drug-likeness (QED) is 0.816. The van der Waals surface area contributed by atoms with Crippen molar-refractivity contribution in [1.82, 2.24) is 5.32 Å². The molecule has 1 amide bonds. The van der Waals surface area contributed by atoms with Crippen molar-refractivity contribution in [3.63, 3.8) is 0 Å². The Morgan fingerprint density at radius 1 is 1.26 bits per heavy atom. The fraction of sp³-hybridized carbons (Fsp3) is 0.353. The van der Waals surface area contributed by atoms with Gasteiger partial charge in [-0.25, -0.2) is 0 Å². The highest BCUT2D eigenvalue weighted by atomic mass is 32.1. The maximum absolute atomic E-state index is 12.0. The molecule has 1 aromatic heterocycles. The van der Waals surface area contributed by atoms with Crippen molar-refractivity contribution in [3.05, 3.63) is 45.6 Å². The first-order valence-corrected chi connectivity index (χ1v) is 8.12. The molecular weight excluding hydrogens is 314 g/mol. The van der Waals surface area contributed by atoms with Gasteiger partial charge in [-0.15, -0.1) is 11.3 Å². The summed E-state index contributed by atoms with van der Waals surface area (Å²) in [5, 5.41) is 14.8. The summed E-state index contributed by atoms with van der Waals surface area (Å²) in [6, 6.07) is 7.32. The number of methoxy groups -OCH3 is 2. The first kappa shape index (κ1) is 17.3. The zero-order valence-electron chi connectivity index (χ0n) is 13.5. The van der Waals surface area contributed by atoms with Crippen LogP contribution in [0.15, 0.2) is 29.6 Å². The molecule has 2 aromatic rings. The Labute approximate surface area is 139 Å². The van der Waals surface area contributed by atoms with Crippen LogP contribution in [0.4, 0.5) is 0 Å². The van der Waals surface area contributed by atoms with E-state index < -0.39 is 6.10 Å². The van der Waals surface area contributed by atoms with E-state index in [4.69, 9.17) is 9.47 Å². The van der Waals surface area contributed by atoms with Gasteiger partial charge in [-0.2, -0.15) is 0 Å². The van der Waals surface area contributed by atoms with Gasteiger partial charge in [0.2, 0.25) is 5.91 Å². The molecule has 124 valence electrons. The minimum absolute atomic E-state index is 0.148. The molecule has 6 heteroatoms. The second-order valence-corrected chi connectivity index (χ2v) is 6.10. The largest absolute Gasteiger partial charge is 0.493 e. The molecule has 1 atom stereocenters. The molecule has 2 N–H and O–H groups in total. The Hall–Kier alpha value is -2.05. The molecule has 23 heavy (non-hydrogen) atoms. The van der Waals surface area contributed by atoms with Crippen LogP contribution in [0.1, 0.15) is 22.1 Å². The predicted octanol–water partition coefficient (Wildman–Crippen LogP) is 2.47. The topological polar surface area (TPSA) is 67.8 Å². The van der Waals surface area contributed by atoms with Crippen molar-refractivity contribution >= 4 is 17.2 Å². The van der Waals surface area contributed by atoms with Gasteiger partial charge in [-0.1, -0.05) is 6.07 Å². The van der Waals surface area contributed by atoms with Crippen LogP contribution in [0, 0.1) is 6.92 Å². The molecule has 0 saturated heterocycles. The highest BCUT2D eigenvalue weighted by Crippen LogP contribution is 2.27. The number of aliphatic hydroxyl groups is 1. The molecule has 0 aliphatic carbocycles. The van der Waals surface area contributed by atoms with Crippen LogP contribution in [-0.4, -0.2) is 31.8 Å². The fourth-order valence-electron chi connectivity index (χ4n) is 2.27. The lowest BCUT2D eigenvalue weighted by molar-refractivity contribution is -0.120. The van der Waals surface area contributed by atoms with Crippen molar-refractivity contribution in [2.24, 2.45) is 0 Å². The summed E-state index contributed by atoms with van der Waals surface area (Å²) >= 11 is 1.49. The van der Waals surface area contributed by atoms with Gasteiger partial charge >= 0.3 is 0 Å².